The quantitative estimate of drug-likeness (QED) is 0.828. The Morgan fingerprint density at radius 1 is 1.19 bits per heavy atom. The van der Waals surface area contributed by atoms with Crippen molar-refractivity contribution in [1.29, 1.82) is 0 Å². The zero-order valence-corrected chi connectivity index (χ0v) is 16.7. The van der Waals surface area contributed by atoms with Crippen LogP contribution in [0.4, 0.5) is 0 Å². The second-order valence-electron chi connectivity index (χ2n) is 8.28. The Balaban J connectivity index is 1.42. The molecule has 138 valence electrons. The van der Waals surface area contributed by atoms with Crippen molar-refractivity contribution in [3.8, 4) is 0 Å². The standard InChI is InChI=1S/C21H27N3OS/c1-16-6-4-8-22-17(16)14-23-9-11-24(12-10-23)19(25)21(15-20(21,2)3)18-7-5-13-26-18/h4-8,13H,9-12,14-15H2,1-3H3. The van der Waals surface area contributed by atoms with Crippen LogP contribution >= 0.6 is 11.3 Å². The van der Waals surface area contributed by atoms with Gasteiger partial charge in [-0.2, -0.15) is 0 Å². The van der Waals surface area contributed by atoms with Gasteiger partial charge in [0.25, 0.3) is 0 Å². The van der Waals surface area contributed by atoms with E-state index in [1.807, 2.05) is 12.3 Å². The highest BCUT2D eigenvalue weighted by molar-refractivity contribution is 7.10. The Morgan fingerprint density at radius 2 is 1.92 bits per heavy atom. The number of rotatable bonds is 4. The number of nitrogens with zero attached hydrogens (tertiary/aromatic N) is 3. The Morgan fingerprint density at radius 3 is 2.50 bits per heavy atom. The molecule has 1 amide bonds. The molecule has 1 saturated carbocycles. The van der Waals surface area contributed by atoms with Gasteiger partial charge in [0, 0.05) is 43.8 Å². The molecule has 0 aromatic carbocycles. The van der Waals surface area contributed by atoms with Crippen molar-refractivity contribution >= 4 is 17.2 Å². The minimum Gasteiger partial charge on any atom is -0.339 e. The van der Waals surface area contributed by atoms with Crippen molar-refractivity contribution in [2.24, 2.45) is 5.41 Å². The minimum absolute atomic E-state index is 0.0666. The van der Waals surface area contributed by atoms with Gasteiger partial charge in [0.1, 0.15) is 0 Å². The van der Waals surface area contributed by atoms with Crippen molar-refractivity contribution in [3.63, 3.8) is 0 Å². The topological polar surface area (TPSA) is 36.4 Å². The lowest BCUT2D eigenvalue weighted by Gasteiger charge is -2.37. The van der Waals surface area contributed by atoms with Gasteiger partial charge in [-0.15, -0.1) is 11.3 Å². The Hall–Kier alpha value is -1.72. The Bertz CT molecular complexity index is 793. The van der Waals surface area contributed by atoms with E-state index in [1.165, 1.54) is 10.4 Å². The summed E-state index contributed by atoms with van der Waals surface area (Å²) in [6.07, 6.45) is 2.83. The fraction of sp³-hybridized carbons (Fsp3) is 0.524. The molecule has 0 spiro atoms. The first-order valence-corrected chi connectivity index (χ1v) is 10.3. The van der Waals surface area contributed by atoms with Gasteiger partial charge < -0.3 is 4.90 Å². The summed E-state index contributed by atoms with van der Waals surface area (Å²) < 4.78 is 0. The van der Waals surface area contributed by atoms with Gasteiger partial charge in [-0.3, -0.25) is 14.7 Å². The van der Waals surface area contributed by atoms with E-state index in [2.05, 4.69) is 59.1 Å². The number of aryl methyl sites for hydroxylation is 1. The normalized spacial score (nSPS) is 25.3. The van der Waals surface area contributed by atoms with Crippen molar-refractivity contribution in [3.05, 3.63) is 52.0 Å². The summed E-state index contributed by atoms with van der Waals surface area (Å²) in [6, 6.07) is 8.30. The van der Waals surface area contributed by atoms with Gasteiger partial charge in [0.15, 0.2) is 0 Å². The lowest BCUT2D eigenvalue weighted by molar-refractivity contribution is -0.136. The predicted octanol–water partition coefficient (Wildman–Crippen LogP) is 3.46. The first-order valence-electron chi connectivity index (χ1n) is 9.40. The fourth-order valence-electron chi connectivity index (χ4n) is 4.31. The summed E-state index contributed by atoms with van der Waals surface area (Å²) in [6.45, 7) is 10.9. The predicted molar refractivity (Wildman–Crippen MR) is 105 cm³/mol. The third-order valence-electron chi connectivity index (χ3n) is 6.20. The van der Waals surface area contributed by atoms with Crippen LogP contribution in [0.5, 0.6) is 0 Å². The van der Waals surface area contributed by atoms with Crippen LogP contribution in [0.1, 0.15) is 36.4 Å². The molecule has 0 radical (unpaired) electrons. The highest BCUT2D eigenvalue weighted by atomic mass is 32.1. The summed E-state index contributed by atoms with van der Waals surface area (Å²) >= 11 is 1.72. The van der Waals surface area contributed by atoms with Crippen LogP contribution in [0, 0.1) is 12.3 Å². The molecule has 2 aliphatic rings. The number of carbonyl (C=O) groups is 1. The van der Waals surface area contributed by atoms with E-state index < -0.39 is 0 Å². The molecule has 1 aliphatic carbocycles. The number of hydrogen-bond donors (Lipinski definition) is 0. The fourth-order valence-corrected chi connectivity index (χ4v) is 5.40. The maximum atomic E-state index is 13.4. The van der Waals surface area contributed by atoms with Crippen LogP contribution in [0.2, 0.25) is 0 Å². The van der Waals surface area contributed by atoms with Crippen molar-refractivity contribution in [2.75, 3.05) is 26.2 Å². The number of carbonyl (C=O) groups excluding carboxylic acids is 1. The van der Waals surface area contributed by atoms with Crippen molar-refractivity contribution in [1.82, 2.24) is 14.8 Å². The van der Waals surface area contributed by atoms with Crippen LogP contribution < -0.4 is 0 Å². The summed E-state index contributed by atoms with van der Waals surface area (Å²) in [5.74, 6) is 0.332. The minimum atomic E-state index is -0.291. The molecule has 2 aromatic rings. The average Bonchev–Trinajstić information content (AvgIpc) is 3.00. The first kappa shape index (κ1) is 17.7. The van der Waals surface area contributed by atoms with Crippen LogP contribution in [0.3, 0.4) is 0 Å². The van der Waals surface area contributed by atoms with E-state index in [4.69, 9.17) is 0 Å². The smallest absolute Gasteiger partial charge is 0.234 e. The van der Waals surface area contributed by atoms with Gasteiger partial charge in [0.2, 0.25) is 5.91 Å². The molecule has 1 atom stereocenters. The van der Waals surface area contributed by atoms with E-state index in [0.717, 1.165) is 44.8 Å². The van der Waals surface area contributed by atoms with Gasteiger partial charge >= 0.3 is 0 Å². The second kappa shape index (κ2) is 6.46. The molecule has 4 rings (SSSR count). The summed E-state index contributed by atoms with van der Waals surface area (Å²) in [5, 5.41) is 2.09. The van der Waals surface area contributed by atoms with Crippen LogP contribution in [-0.2, 0) is 16.8 Å². The second-order valence-corrected chi connectivity index (χ2v) is 9.23. The lowest BCUT2D eigenvalue weighted by atomic mass is 9.92. The zero-order chi connectivity index (χ0) is 18.4. The first-order chi connectivity index (χ1) is 12.4. The number of thiophene rings is 1. The zero-order valence-electron chi connectivity index (χ0n) is 15.9. The van der Waals surface area contributed by atoms with Gasteiger partial charge in [-0.25, -0.2) is 0 Å². The van der Waals surface area contributed by atoms with Crippen LogP contribution in [0.15, 0.2) is 35.8 Å². The lowest BCUT2D eigenvalue weighted by Crippen LogP contribution is -2.52. The molecule has 3 heterocycles. The maximum absolute atomic E-state index is 13.4. The largest absolute Gasteiger partial charge is 0.339 e. The Kier molecular flexibility index (Phi) is 4.40. The highest BCUT2D eigenvalue weighted by Gasteiger charge is 2.68. The molecule has 0 N–H and O–H groups in total. The third kappa shape index (κ3) is 2.87. The molecule has 1 aliphatic heterocycles. The number of pyridine rings is 1. The third-order valence-corrected chi connectivity index (χ3v) is 7.23. The van der Waals surface area contributed by atoms with E-state index in [1.54, 1.807) is 11.3 Å². The number of hydrogen-bond acceptors (Lipinski definition) is 4. The van der Waals surface area contributed by atoms with Gasteiger partial charge in [-0.05, 0) is 41.8 Å². The van der Waals surface area contributed by atoms with Crippen molar-refractivity contribution < 1.29 is 4.79 Å². The van der Waals surface area contributed by atoms with E-state index >= 15 is 0 Å². The summed E-state index contributed by atoms with van der Waals surface area (Å²) in [5.41, 5.74) is 2.16. The van der Waals surface area contributed by atoms with Crippen LogP contribution in [-0.4, -0.2) is 46.9 Å². The maximum Gasteiger partial charge on any atom is 0.234 e. The molecule has 26 heavy (non-hydrogen) atoms. The number of amides is 1. The SMILES string of the molecule is Cc1cccnc1CN1CCN(C(=O)C2(c3cccs3)CC2(C)C)CC1. The average molecular weight is 370 g/mol. The molecule has 1 unspecified atom stereocenters. The number of piperazine rings is 1. The van der Waals surface area contributed by atoms with Crippen molar-refractivity contribution in [2.45, 2.75) is 39.2 Å². The summed E-state index contributed by atoms with van der Waals surface area (Å²) in [4.78, 5) is 23.7. The monoisotopic (exact) mass is 369 g/mol. The molecule has 5 heteroatoms. The Labute approximate surface area is 159 Å². The van der Waals surface area contributed by atoms with E-state index in [0.29, 0.717) is 5.91 Å². The molecule has 4 nitrogen and oxygen atoms in total. The molecule has 1 saturated heterocycles. The molecule has 2 fully saturated rings. The highest BCUT2D eigenvalue weighted by Crippen LogP contribution is 2.66. The van der Waals surface area contributed by atoms with Crippen LogP contribution in [0.25, 0.3) is 0 Å². The van der Waals surface area contributed by atoms with E-state index in [9.17, 15) is 4.79 Å². The summed E-state index contributed by atoms with van der Waals surface area (Å²) in [7, 11) is 0. The number of aromatic nitrogens is 1. The molecule has 0 bridgehead atoms. The molecular weight excluding hydrogens is 342 g/mol. The van der Waals surface area contributed by atoms with Gasteiger partial charge in [0.05, 0.1) is 11.1 Å². The molecule has 2 aromatic heterocycles. The van der Waals surface area contributed by atoms with E-state index in [-0.39, 0.29) is 10.8 Å². The van der Waals surface area contributed by atoms with Gasteiger partial charge in [-0.1, -0.05) is 26.0 Å². The molecular formula is C21H27N3OS.